The molecule has 3 aromatic rings. The first-order valence-corrected chi connectivity index (χ1v) is 7.35. The monoisotopic (exact) mass is 343 g/mol. The number of benzene rings is 2. The second-order valence-electron chi connectivity index (χ2n) is 4.62. The van der Waals surface area contributed by atoms with E-state index in [2.05, 4.69) is 20.9 Å². The number of pyridine rings is 1. The molecule has 0 fully saturated rings. The summed E-state index contributed by atoms with van der Waals surface area (Å²) in [6, 6.07) is 15.8. The number of nitrogens with zero attached hydrogens (tertiary/aromatic N) is 1. The van der Waals surface area contributed by atoms with E-state index in [0.29, 0.717) is 6.61 Å². The molecule has 3 nitrogen and oxygen atoms in total. The Balaban J connectivity index is 1.84. The van der Waals surface area contributed by atoms with Gasteiger partial charge in [-0.2, -0.15) is 0 Å². The van der Waals surface area contributed by atoms with E-state index in [9.17, 15) is 0 Å². The maximum Gasteiger partial charge on any atom is 0.147 e. The van der Waals surface area contributed by atoms with Crippen LogP contribution in [0.25, 0.3) is 10.9 Å². The molecule has 0 aliphatic heterocycles. The lowest BCUT2D eigenvalue weighted by atomic mass is 10.2. The van der Waals surface area contributed by atoms with Crippen molar-refractivity contribution >= 4 is 26.8 Å². The summed E-state index contributed by atoms with van der Waals surface area (Å²) in [7, 11) is 1.66. The van der Waals surface area contributed by atoms with Gasteiger partial charge < -0.3 is 9.47 Å². The number of rotatable bonds is 4. The lowest BCUT2D eigenvalue weighted by molar-refractivity contribution is 0.309. The van der Waals surface area contributed by atoms with Crippen LogP contribution in [0.1, 0.15) is 5.56 Å². The van der Waals surface area contributed by atoms with E-state index in [4.69, 9.17) is 9.47 Å². The van der Waals surface area contributed by atoms with Crippen molar-refractivity contribution < 1.29 is 9.47 Å². The van der Waals surface area contributed by atoms with Crippen molar-refractivity contribution in [1.29, 1.82) is 0 Å². The maximum atomic E-state index is 5.93. The van der Waals surface area contributed by atoms with Crippen LogP contribution >= 0.6 is 15.9 Å². The Morgan fingerprint density at radius 2 is 1.90 bits per heavy atom. The minimum absolute atomic E-state index is 0.492. The standard InChI is InChI=1S/C17H14BrNO2/c1-20-15-6-4-12(5-7-15)11-21-16-10-14(18)9-13-3-2-8-19-17(13)16/h2-10H,11H2,1H3. The van der Waals surface area contributed by atoms with Gasteiger partial charge in [-0.25, -0.2) is 0 Å². The third-order valence-electron chi connectivity index (χ3n) is 3.19. The molecule has 2 aromatic carbocycles. The molecule has 0 radical (unpaired) electrons. The van der Waals surface area contributed by atoms with Gasteiger partial charge in [-0.3, -0.25) is 4.98 Å². The normalized spacial score (nSPS) is 10.6. The third-order valence-corrected chi connectivity index (χ3v) is 3.65. The van der Waals surface area contributed by atoms with Crippen LogP contribution in [-0.2, 0) is 6.61 Å². The second kappa shape index (κ2) is 6.14. The Kier molecular flexibility index (Phi) is 4.06. The van der Waals surface area contributed by atoms with Gasteiger partial charge >= 0.3 is 0 Å². The highest BCUT2D eigenvalue weighted by Gasteiger charge is 2.06. The third kappa shape index (κ3) is 3.16. The molecule has 4 heteroatoms. The zero-order chi connectivity index (χ0) is 14.7. The first-order chi connectivity index (χ1) is 10.3. The molecule has 21 heavy (non-hydrogen) atoms. The van der Waals surface area contributed by atoms with Gasteiger partial charge in [0.25, 0.3) is 0 Å². The molecule has 0 atom stereocenters. The van der Waals surface area contributed by atoms with Crippen LogP contribution in [0.4, 0.5) is 0 Å². The molecule has 0 N–H and O–H groups in total. The van der Waals surface area contributed by atoms with Crippen molar-refractivity contribution in [3.63, 3.8) is 0 Å². The molecule has 0 saturated heterocycles. The zero-order valence-corrected chi connectivity index (χ0v) is 13.1. The van der Waals surface area contributed by atoms with Crippen molar-refractivity contribution in [3.05, 3.63) is 64.8 Å². The summed E-state index contributed by atoms with van der Waals surface area (Å²) < 4.78 is 12.1. The van der Waals surface area contributed by atoms with Crippen LogP contribution in [0.3, 0.4) is 0 Å². The van der Waals surface area contributed by atoms with Crippen LogP contribution in [0.5, 0.6) is 11.5 Å². The van der Waals surface area contributed by atoms with Crippen molar-refractivity contribution in [2.24, 2.45) is 0 Å². The van der Waals surface area contributed by atoms with Gasteiger partial charge in [-0.15, -0.1) is 0 Å². The van der Waals surface area contributed by atoms with Gasteiger partial charge in [0.05, 0.1) is 7.11 Å². The minimum Gasteiger partial charge on any atom is -0.497 e. The number of ether oxygens (including phenoxy) is 2. The van der Waals surface area contributed by atoms with Gasteiger partial charge in [-0.05, 0) is 35.9 Å². The fourth-order valence-electron chi connectivity index (χ4n) is 2.12. The summed E-state index contributed by atoms with van der Waals surface area (Å²) in [5, 5.41) is 1.05. The Hall–Kier alpha value is -2.07. The molecule has 1 heterocycles. The van der Waals surface area contributed by atoms with Crippen LogP contribution in [0.15, 0.2) is 59.2 Å². The Morgan fingerprint density at radius 3 is 2.67 bits per heavy atom. The number of hydrogen-bond donors (Lipinski definition) is 0. The number of aromatic nitrogens is 1. The lowest BCUT2D eigenvalue weighted by Crippen LogP contribution is -1.97. The van der Waals surface area contributed by atoms with Crippen LogP contribution in [0.2, 0.25) is 0 Å². The SMILES string of the molecule is COc1ccc(COc2cc(Br)cc3cccnc23)cc1. The molecule has 3 rings (SSSR count). The van der Waals surface area contributed by atoms with E-state index in [-0.39, 0.29) is 0 Å². The molecule has 1 aromatic heterocycles. The Bertz CT molecular complexity index is 756. The topological polar surface area (TPSA) is 31.4 Å². The highest BCUT2D eigenvalue weighted by Crippen LogP contribution is 2.29. The highest BCUT2D eigenvalue weighted by molar-refractivity contribution is 9.10. The molecule has 0 unspecified atom stereocenters. The van der Waals surface area contributed by atoms with Crippen molar-refractivity contribution in [2.75, 3.05) is 7.11 Å². The summed E-state index contributed by atoms with van der Waals surface area (Å²) in [4.78, 5) is 4.40. The largest absolute Gasteiger partial charge is 0.497 e. The number of hydrogen-bond acceptors (Lipinski definition) is 3. The summed E-state index contributed by atoms with van der Waals surface area (Å²) >= 11 is 3.50. The minimum atomic E-state index is 0.492. The van der Waals surface area contributed by atoms with Crippen LogP contribution in [0, 0.1) is 0 Å². The smallest absolute Gasteiger partial charge is 0.147 e. The molecule has 0 spiro atoms. The second-order valence-corrected chi connectivity index (χ2v) is 5.53. The fraction of sp³-hybridized carbons (Fsp3) is 0.118. The lowest BCUT2D eigenvalue weighted by Gasteiger charge is -2.10. The Morgan fingerprint density at radius 1 is 1.10 bits per heavy atom. The molecule has 106 valence electrons. The van der Waals surface area contributed by atoms with Gasteiger partial charge in [0.1, 0.15) is 23.6 Å². The first-order valence-electron chi connectivity index (χ1n) is 6.56. The van der Waals surface area contributed by atoms with Crippen molar-refractivity contribution in [3.8, 4) is 11.5 Å². The highest BCUT2D eigenvalue weighted by atomic mass is 79.9. The molecular formula is C17H14BrNO2. The molecule has 0 amide bonds. The molecular weight excluding hydrogens is 330 g/mol. The summed E-state index contributed by atoms with van der Waals surface area (Å²) in [5.74, 6) is 1.61. The average molecular weight is 344 g/mol. The van der Waals surface area contributed by atoms with E-state index < -0.39 is 0 Å². The van der Waals surface area contributed by atoms with Crippen molar-refractivity contribution in [2.45, 2.75) is 6.61 Å². The van der Waals surface area contributed by atoms with E-state index in [1.165, 1.54) is 0 Å². The predicted octanol–water partition coefficient (Wildman–Crippen LogP) is 4.58. The zero-order valence-electron chi connectivity index (χ0n) is 11.5. The van der Waals surface area contributed by atoms with E-state index >= 15 is 0 Å². The number of halogens is 1. The quantitative estimate of drug-likeness (QED) is 0.694. The van der Waals surface area contributed by atoms with Crippen LogP contribution < -0.4 is 9.47 Å². The molecule has 0 bridgehead atoms. The summed E-state index contributed by atoms with van der Waals surface area (Å²) in [5.41, 5.74) is 1.95. The van der Waals surface area contributed by atoms with Crippen LogP contribution in [-0.4, -0.2) is 12.1 Å². The molecule has 0 aliphatic rings. The van der Waals surface area contributed by atoms with Gasteiger partial charge in [0.15, 0.2) is 0 Å². The van der Waals surface area contributed by atoms with Gasteiger partial charge in [-0.1, -0.05) is 34.1 Å². The Labute approximate surface area is 131 Å². The van der Waals surface area contributed by atoms with E-state index in [0.717, 1.165) is 32.4 Å². The number of fused-ring (bicyclic) bond motifs is 1. The van der Waals surface area contributed by atoms with Gasteiger partial charge in [0, 0.05) is 16.1 Å². The number of methoxy groups -OCH3 is 1. The van der Waals surface area contributed by atoms with E-state index in [1.54, 1.807) is 13.3 Å². The molecule has 0 saturated carbocycles. The first kappa shape index (κ1) is 13.9. The summed E-state index contributed by atoms with van der Waals surface area (Å²) in [6.45, 7) is 0.492. The molecule has 0 aliphatic carbocycles. The predicted molar refractivity (Wildman–Crippen MR) is 86.8 cm³/mol. The van der Waals surface area contributed by atoms with E-state index in [1.807, 2.05) is 48.5 Å². The maximum absolute atomic E-state index is 5.93. The fourth-order valence-corrected chi connectivity index (χ4v) is 2.57. The summed E-state index contributed by atoms with van der Waals surface area (Å²) in [6.07, 6.45) is 1.77. The van der Waals surface area contributed by atoms with Crippen molar-refractivity contribution in [1.82, 2.24) is 4.98 Å². The van der Waals surface area contributed by atoms with Gasteiger partial charge in [0.2, 0.25) is 0 Å². The average Bonchev–Trinajstić information content (AvgIpc) is 2.53.